The van der Waals surface area contributed by atoms with Gasteiger partial charge in [-0.15, -0.1) is 0 Å². The standard InChI is InChI=1S/C30H28ClNO4/c1-3-26(33)29-28(22-8-6-5-7-9-22)25-18-23(31)15-16-24(25)30(35)32(29)19-21-12-10-20(11-13-21)14-17-27(34)36-4-2/h5-13,15-16,18H,3-4,14,17,19H2,1-2H3. The van der Waals surface area contributed by atoms with Gasteiger partial charge in [0.15, 0.2) is 5.78 Å². The number of carbonyl (C=O) groups is 2. The predicted molar refractivity (Wildman–Crippen MR) is 144 cm³/mol. The minimum atomic E-state index is -0.232. The quantitative estimate of drug-likeness (QED) is 0.195. The SMILES string of the molecule is CCOC(=O)CCc1ccc(Cn2c(C(=O)CC)c(-c3ccccc3)c3cc(Cl)ccc3c2=O)cc1. The molecule has 0 amide bonds. The lowest BCUT2D eigenvalue weighted by molar-refractivity contribution is -0.143. The monoisotopic (exact) mass is 501 g/mol. The molecule has 1 heterocycles. The van der Waals surface area contributed by atoms with Crippen molar-refractivity contribution in [3.05, 3.63) is 105 Å². The maximum Gasteiger partial charge on any atom is 0.306 e. The molecule has 4 aromatic rings. The fraction of sp³-hybridized carbons (Fsp3) is 0.233. The van der Waals surface area contributed by atoms with Gasteiger partial charge in [-0.25, -0.2) is 0 Å². The smallest absolute Gasteiger partial charge is 0.306 e. The molecule has 0 atom stereocenters. The summed E-state index contributed by atoms with van der Waals surface area (Å²) in [5.41, 5.74) is 3.60. The number of esters is 1. The average molecular weight is 502 g/mol. The molecule has 0 radical (unpaired) electrons. The number of nitrogens with zero attached hydrogens (tertiary/aromatic N) is 1. The first kappa shape index (κ1) is 25.4. The van der Waals surface area contributed by atoms with Crippen molar-refractivity contribution < 1.29 is 14.3 Å². The molecular formula is C30H28ClNO4. The number of benzene rings is 3. The molecule has 36 heavy (non-hydrogen) atoms. The lowest BCUT2D eigenvalue weighted by Gasteiger charge is -2.19. The van der Waals surface area contributed by atoms with Gasteiger partial charge < -0.3 is 4.74 Å². The second-order valence-electron chi connectivity index (χ2n) is 8.57. The summed E-state index contributed by atoms with van der Waals surface area (Å²) in [5, 5.41) is 1.68. The molecule has 3 aromatic carbocycles. The van der Waals surface area contributed by atoms with Crippen LogP contribution in [0.2, 0.25) is 5.02 Å². The van der Waals surface area contributed by atoms with Crippen molar-refractivity contribution in [3.63, 3.8) is 0 Å². The zero-order valence-electron chi connectivity index (χ0n) is 20.4. The molecule has 0 saturated carbocycles. The van der Waals surface area contributed by atoms with Gasteiger partial charge in [0.2, 0.25) is 0 Å². The number of rotatable bonds is 9. The second-order valence-corrected chi connectivity index (χ2v) is 9.01. The number of ether oxygens (including phenoxy) is 1. The van der Waals surface area contributed by atoms with Crippen LogP contribution in [0.1, 0.15) is 48.3 Å². The van der Waals surface area contributed by atoms with Crippen molar-refractivity contribution in [2.24, 2.45) is 0 Å². The van der Waals surface area contributed by atoms with E-state index >= 15 is 0 Å². The van der Waals surface area contributed by atoms with E-state index in [0.29, 0.717) is 46.5 Å². The maximum atomic E-state index is 13.7. The third-order valence-electron chi connectivity index (χ3n) is 6.17. The van der Waals surface area contributed by atoms with Crippen LogP contribution in [0.25, 0.3) is 21.9 Å². The highest BCUT2D eigenvalue weighted by molar-refractivity contribution is 6.31. The Morgan fingerprint density at radius 3 is 2.25 bits per heavy atom. The van der Waals surface area contributed by atoms with Gasteiger partial charge in [0.25, 0.3) is 5.56 Å². The second kappa shape index (κ2) is 11.4. The molecule has 184 valence electrons. The van der Waals surface area contributed by atoms with Crippen LogP contribution < -0.4 is 5.56 Å². The number of aryl methyl sites for hydroxylation is 1. The number of hydrogen-bond donors (Lipinski definition) is 0. The molecule has 5 nitrogen and oxygen atoms in total. The summed E-state index contributed by atoms with van der Waals surface area (Å²) in [7, 11) is 0. The van der Waals surface area contributed by atoms with Crippen LogP contribution >= 0.6 is 11.6 Å². The zero-order valence-corrected chi connectivity index (χ0v) is 21.2. The summed E-state index contributed by atoms with van der Waals surface area (Å²) in [5.74, 6) is -0.334. The molecule has 0 aliphatic heterocycles. The molecule has 1 aromatic heterocycles. The summed E-state index contributed by atoms with van der Waals surface area (Å²) < 4.78 is 6.58. The Morgan fingerprint density at radius 1 is 0.889 bits per heavy atom. The summed E-state index contributed by atoms with van der Waals surface area (Å²) in [6, 6.07) is 22.6. The first-order valence-electron chi connectivity index (χ1n) is 12.1. The zero-order chi connectivity index (χ0) is 25.7. The Kier molecular flexibility index (Phi) is 8.01. The highest BCUT2D eigenvalue weighted by Crippen LogP contribution is 2.33. The summed E-state index contributed by atoms with van der Waals surface area (Å²) in [6.45, 7) is 4.20. The molecule has 0 aliphatic carbocycles. The molecule has 0 fully saturated rings. The molecule has 0 bridgehead atoms. The van der Waals surface area contributed by atoms with E-state index in [4.69, 9.17) is 16.3 Å². The highest BCUT2D eigenvalue weighted by Gasteiger charge is 2.22. The number of pyridine rings is 1. The fourth-order valence-electron chi connectivity index (χ4n) is 4.40. The number of hydrogen-bond acceptors (Lipinski definition) is 4. The van der Waals surface area contributed by atoms with Crippen LogP contribution in [0.4, 0.5) is 0 Å². The number of ketones is 1. The number of halogens is 1. The molecule has 6 heteroatoms. The third kappa shape index (κ3) is 5.42. The first-order chi connectivity index (χ1) is 17.4. The number of aromatic nitrogens is 1. The van der Waals surface area contributed by atoms with Crippen molar-refractivity contribution in [3.8, 4) is 11.1 Å². The highest BCUT2D eigenvalue weighted by atomic mass is 35.5. The van der Waals surface area contributed by atoms with E-state index in [0.717, 1.165) is 16.7 Å². The van der Waals surface area contributed by atoms with Gasteiger partial charge in [-0.05, 0) is 53.6 Å². The van der Waals surface area contributed by atoms with E-state index in [1.54, 1.807) is 36.6 Å². The largest absolute Gasteiger partial charge is 0.466 e. The predicted octanol–water partition coefficient (Wildman–Crippen LogP) is 6.46. The van der Waals surface area contributed by atoms with Crippen LogP contribution in [-0.4, -0.2) is 22.9 Å². The Morgan fingerprint density at radius 2 is 1.58 bits per heavy atom. The van der Waals surface area contributed by atoms with Crippen molar-refractivity contribution in [2.45, 2.75) is 39.7 Å². The lowest BCUT2D eigenvalue weighted by Crippen LogP contribution is -2.28. The minimum Gasteiger partial charge on any atom is -0.466 e. The van der Waals surface area contributed by atoms with Crippen LogP contribution in [0.15, 0.2) is 77.6 Å². The number of fused-ring (bicyclic) bond motifs is 1. The molecule has 0 unspecified atom stereocenters. The summed E-state index contributed by atoms with van der Waals surface area (Å²) in [4.78, 5) is 38.7. The van der Waals surface area contributed by atoms with Crippen molar-refractivity contribution in [1.82, 2.24) is 4.57 Å². The van der Waals surface area contributed by atoms with Crippen LogP contribution in [0, 0.1) is 0 Å². The van der Waals surface area contributed by atoms with Crippen LogP contribution in [0.3, 0.4) is 0 Å². The van der Waals surface area contributed by atoms with E-state index in [2.05, 4.69) is 0 Å². The minimum absolute atomic E-state index is 0.112. The normalized spacial score (nSPS) is 11.0. The Balaban J connectivity index is 1.82. The van der Waals surface area contributed by atoms with Gasteiger partial charge in [0.1, 0.15) is 0 Å². The van der Waals surface area contributed by atoms with Gasteiger partial charge in [-0.2, -0.15) is 0 Å². The summed E-state index contributed by atoms with van der Waals surface area (Å²) >= 11 is 6.32. The molecule has 0 aliphatic rings. The van der Waals surface area contributed by atoms with Crippen LogP contribution in [-0.2, 0) is 22.5 Å². The topological polar surface area (TPSA) is 65.4 Å². The first-order valence-corrected chi connectivity index (χ1v) is 12.5. The summed E-state index contributed by atoms with van der Waals surface area (Å²) in [6.07, 6.45) is 1.15. The van der Waals surface area contributed by atoms with E-state index in [-0.39, 0.29) is 30.3 Å². The van der Waals surface area contributed by atoms with E-state index in [1.165, 1.54) is 0 Å². The van der Waals surface area contributed by atoms with E-state index in [1.807, 2.05) is 54.6 Å². The molecule has 0 N–H and O–H groups in total. The van der Waals surface area contributed by atoms with Gasteiger partial charge in [-0.1, -0.05) is 73.1 Å². The molecular weight excluding hydrogens is 474 g/mol. The van der Waals surface area contributed by atoms with Crippen LogP contribution in [0.5, 0.6) is 0 Å². The van der Waals surface area contributed by atoms with Gasteiger partial charge in [-0.3, -0.25) is 19.0 Å². The Hall–Kier alpha value is -3.70. The van der Waals surface area contributed by atoms with E-state index < -0.39 is 0 Å². The Labute approximate surface area is 215 Å². The third-order valence-corrected chi connectivity index (χ3v) is 6.40. The van der Waals surface area contributed by atoms with Crippen molar-refractivity contribution in [1.29, 1.82) is 0 Å². The Bertz CT molecular complexity index is 1460. The molecule has 0 spiro atoms. The number of Topliss-reactive ketones (excluding diaryl/α,β-unsaturated/α-hetero) is 1. The lowest BCUT2D eigenvalue weighted by atomic mass is 9.94. The number of carbonyl (C=O) groups excluding carboxylic acids is 2. The van der Waals surface area contributed by atoms with Gasteiger partial charge >= 0.3 is 5.97 Å². The molecule has 0 saturated heterocycles. The van der Waals surface area contributed by atoms with Gasteiger partial charge in [0.05, 0.1) is 18.8 Å². The maximum absolute atomic E-state index is 13.7. The fourth-order valence-corrected chi connectivity index (χ4v) is 4.57. The average Bonchev–Trinajstić information content (AvgIpc) is 2.89. The van der Waals surface area contributed by atoms with Crippen molar-refractivity contribution in [2.75, 3.05) is 6.61 Å². The molecule has 4 rings (SSSR count). The van der Waals surface area contributed by atoms with Gasteiger partial charge in [0, 0.05) is 28.8 Å². The van der Waals surface area contributed by atoms with E-state index in [9.17, 15) is 14.4 Å². The van der Waals surface area contributed by atoms with Crippen molar-refractivity contribution >= 4 is 34.1 Å².